The van der Waals surface area contributed by atoms with Crippen LogP contribution in [0.4, 0.5) is 0 Å². The fraction of sp³-hybridized carbons (Fsp3) is 0.375. The number of rotatable bonds is 2. The molecule has 1 aromatic heterocycles. The average Bonchev–Trinajstić information content (AvgIpc) is 2.03. The summed E-state index contributed by atoms with van der Waals surface area (Å²) < 4.78 is 11.2. The van der Waals surface area contributed by atoms with Crippen molar-refractivity contribution in [1.82, 2.24) is 4.98 Å². The number of methoxy groups -OCH3 is 2. The van der Waals surface area contributed by atoms with E-state index in [0.717, 1.165) is 15.1 Å². The standard InChI is InChI=1S/C8H10INO2/c1-5-8(12-3)6(11-2)4-7(9)10-5/h4H,1-3H3. The topological polar surface area (TPSA) is 31.4 Å². The number of pyridine rings is 1. The third-order valence-corrected chi connectivity index (χ3v) is 2.05. The predicted octanol–water partition coefficient (Wildman–Crippen LogP) is 2.01. The van der Waals surface area contributed by atoms with Crippen LogP contribution in [0.5, 0.6) is 11.5 Å². The third kappa shape index (κ3) is 1.80. The van der Waals surface area contributed by atoms with E-state index in [1.807, 2.05) is 13.0 Å². The zero-order chi connectivity index (χ0) is 9.14. The van der Waals surface area contributed by atoms with Crippen LogP contribution < -0.4 is 9.47 Å². The Balaban J connectivity index is 3.24. The minimum Gasteiger partial charge on any atom is -0.493 e. The van der Waals surface area contributed by atoms with Crippen molar-refractivity contribution in [2.75, 3.05) is 14.2 Å². The first-order chi connectivity index (χ1) is 5.69. The van der Waals surface area contributed by atoms with Crippen LogP contribution in [0.15, 0.2) is 6.07 Å². The fourth-order valence-electron chi connectivity index (χ4n) is 0.995. The highest BCUT2D eigenvalue weighted by Crippen LogP contribution is 2.30. The van der Waals surface area contributed by atoms with Crippen molar-refractivity contribution in [3.8, 4) is 11.5 Å². The van der Waals surface area contributed by atoms with Gasteiger partial charge in [0.15, 0.2) is 11.5 Å². The Morgan fingerprint density at radius 1 is 1.33 bits per heavy atom. The summed E-state index contributed by atoms with van der Waals surface area (Å²) in [6.45, 7) is 1.89. The number of halogens is 1. The van der Waals surface area contributed by atoms with Crippen LogP contribution in [0.1, 0.15) is 5.69 Å². The molecule has 0 aliphatic rings. The minimum absolute atomic E-state index is 0.706. The van der Waals surface area contributed by atoms with E-state index in [1.165, 1.54) is 0 Å². The first-order valence-corrected chi connectivity index (χ1v) is 4.52. The van der Waals surface area contributed by atoms with E-state index >= 15 is 0 Å². The highest BCUT2D eigenvalue weighted by Gasteiger charge is 2.08. The lowest BCUT2D eigenvalue weighted by Gasteiger charge is -2.09. The van der Waals surface area contributed by atoms with Crippen molar-refractivity contribution in [1.29, 1.82) is 0 Å². The summed E-state index contributed by atoms with van der Waals surface area (Å²) in [5.74, 6) is 1.44. The van der Waals surface area contributed by atoms with Gasteiger partial charge in [0.1, 0.15) is 3.70 Å². The second kappa shape index (κ2) is 3.93. The normalized spacial score (nSPS) is 9.67. The first-order valence-electron chi connectivity index (χ1n) is 3.44. The third-order valence-electron chi connectivity index (χ3n) is 1.50. The van der Waals surface area contributed by atoms with Gasteiger partial charge < -0.3 is 9.47 Å². The molecule has 0 radical (unpaired) electrons. The molecule has 0 aliphatic heterocycles. The van der Waals surface area contributed by atoms with E-state index in [4.69, 9.17) is 9.47 Å². The minimum atomic E-state index is 0.706. The van der Waals surface area contributed by atoms with E-state index in [9.17, 15) is 0 Å². The monoisotopic (exact) mass is 279 g/mol. The maximum Gasteiger partial charge on any atom is 0.182 e. The highest BCUT2D eigenvalue weighted by atomic mass is 127. The summed E-state index contributed by atoms with van der Waals surface area (Å²) in [5.41, 5.74) is 0.848. The fourth-order valence-corrected chi connectivity index (χ4v) is 1.64. The van der Waals surface area contributed by atoms with Crippen molar-refractivity contribution in [2.24, 2.45) is 0 Å². The number of hydrogen-bond acceptors (Lipinski definition) is 3. The van der Waals surface area contributed by atoms with E-state index < -0.39 is 0 Å². The number of nitrogens with zero attached hydrogens (tertiary/aromatic N) is 1. The van der Waals surface area contributed by atoms with Gasteiger partial charge in [0, 0.05) is 6.07 Å². The van der Waals surface area contributed by atoms with E-state index in [0.29, 0.717) is 5.75 Å². The smallest absolute Gasteiger partial charge is 0.182 e. The molecule has 0 unspecified atom stereocenters. The van der Waals surface area contributed by atoms with Crippen LogP contribution in [-0.2, 0) is 0 Å². The van der Waals surface area contributed by atoms with Crippen LogP contribution in [0.2, 0.25) is 0 Å². The molecular weight excluding hydrogens is 269 g/mol. The molecule has 0 spiro atoms. The molecule has 1 aromatic rings. The highest BCUT2D eigenvalue weighted by molar-refractivity contribution is 14.1. The molecule has 0 fully saturated rings. The lowest BCUT2D eigenvalue weighted by molar-refractivity contribution is 0.350. The largest absolute Gasteiger partial charge is 0.493 e. The van der Waals surface area contributed by atoms with Crippen LogP contribution in [0.3, 0.4) is 0 Å². The number of aryl methyl sites for hydroxylation is 1. The van der Waals surface area contributed by atoms with E-state index in [1.54, 1.807) is 14.2 Å². The average molecular weight is 279 g/mol. The SMILES string of the molecule is COc1cc(I)nc(C)c1OC. The Morgan fingerprint density at radius 3 is 2.50 bits per heavy atom. The zero-order valence-electron chi connectivity index (χ0n) is 7.22. The number of aromatic nitrogens is 1. The molecule has 0 saturated heterocycles. The van der Waals surface area contributed by atoms with Gasteiger partial charge in [0.25, 0.3) is 0 Å². The maximum absolute atomic E-state index is 5.13. The molecule has 0 N–H and O–H groups in total. The van der Waals surface area contributed by atoms with Gasteiger partial charge in [0.05, 0.1) is 19.9 Å². The predicted molar refractivity (Wildman–Crippen MR) is 54.8 cm³/mol. The van der Waals surface area contributed by atoms with Crippen LogP contribution >= 0.6 is 22.6 Å². The Hall–Kier alpha value is -0.520. The van der Waals surface area contributed by atoms with Crippen molar-refractivity contribution >= 4 is 22.6 Å². The lowest BCUT2D eigenvalue weighted by atomic mass is 10.3. The van der Waals surface area contributed by atoms with Crippen molar-refractivity contribution < 1.29 is 9.47 Å². The maximum atomic E-state index is 5.13. The molecule has 0 aromatic carbocycles. The van der Waals surface area contributed by atoms with Gasteiger partial charge in [-0.15, -0.1) is 0 Å². The zero-order valence-corrected chi connectivity index (χ0v) is 9.38. The van der Waals surface area contributed by atoms with Gasteiger partial charge >= 0.3 is 0 Å². The van der Waals surface area contributed by atoms with Gasteiger partial charge in [-0.1, -0.05) is 0 Å². The van der Waals surface area contributed by atoms with Gasteiger partial charge in [-0.3, -0.25) is 0 Å². The van der Waals surface area contributed by atoms with Crippen LogP contribution in [0.25, 0.3) is 0 Å². The Kier molecular flexibility index (Phi) is 3.13. The summed E-state index contributed by atoms with van der Waals surface area (Å²) in [7, 11) is 3.23. The van der Waals surface area contributed by atoms with Crippen molar-refractivity contribution in [2.45, 2.75) is 6.92 Å². The molecule has 1 rings (SSSR count). The van der Waals surface area contributed by atoms with E-state index in [-0.39, 0.29) is 0 Å². The van der Waals surface area contributed by atoms with Crippen molar-refractivity contribution in [3.63, 3.8) is 0 Å². The summed E-state index contributed by atoms with van der Waals surface area (Å²) in [6, 6.07) is 1.84. The van der Waals surface area contributed by atoms with E-state index in [2.05, 4.69) is 27.6 Å². The number of ether oxygens (including phenoxy) is 2. The van der Waals surface area contributed by atoms with Crippen molar-refractivity contribution in [3.05, 3.63) is 15.5 Å². The van der Waals surface area contributed by atoms with Gasteiger partial charge in [-0.2, -0.15) is 0 Å². The molecule has 12 heavy (non-hydrogen) atoms. The van der Waals surface area contributed by atoms with Crippen LogP contribution in [0, 0.1) is 10.6 Å². The molecule has 0 amide bonds. The molecule has 66 valence electrons. The second-order valence-corrected chi connectivity index (χ2v) is 3.37. The molecular formula is C8H10INO2. The van der Waals surface area contributed by atoms with Crippen LogP contribution in [-0.4, -0.2) is 19.2 Å². The first kappa shape index (κ1) is 9.57. The van der Waals surface area contributed by atoms with Gasteiger partial charge in [-0.05, 0) is 29.5 Å². The summed E-state index contributed by atoms with van der Waals surface area (Å²) >= 11 is 2.14. The van der Waals surface area contributed by atoms with Gasteiger partial charge in [0.2, 0.25) is 0 Å². The number of hydrogen-bond donors (Lipinski definition) is 0. The molecule has 0 bridgehead atoms. The molecule has 3 nitrogen and oxygen atoms in total. The summed E-state index contributed by atoms with van der Waals surface area (Å²) in [6.07, 6.45) is 0. The second-order valence-electron chi connectivity index (χ2n) is 2.27. The molecule has 0 atom stereocenters. The molecule has 4 heteroatoms. The Bertz CT molecular complexity index is 289. The summed E-state index contributed by atoms with van der Waals surface area (Å²) in [5, 5.41) is 0. The van der Waals surface area contributed by atoms with Gasteiger partial charge in [-0.25, -0.2) is 4.98 Å². The Labute approximate surface area is 85.2 Å². The quantitative estimate of drug-likeness (QED) is 0.613. The molecule has 0 saturated carbocycles. The molecule has 1 heterocycles. The summed E-state index contributed by atoms with van der Waals surface area (Å²) in [4.78, 5) is 4.23. The Morgan fingerprint density at radius 2 is 2.00 bits per heavy atom. The lowest BCUT2D eigenvalue weighted by Crippen LogP contribution is -1.96. The molecule has 0 aliphatic carbocycles.